The molecule has 1 aromatic heterocycles. The molecule has 2 N–H and O–H groups in total. The van der Waals surface area contributed by atoms with Crippen LogP contribution in [0.25, 0.3) is 10.9 Å². The maximum Gasteiger partial charge on any atom is 0.252 e. The second-order valence-electron chi connectivity index (χ2n) is 4.93. The van der Waals surface area contributed by atoms with E-state index in [9.17, 15) is 4.79 Å². The number of aromatic amines is 1. The molecule has 20 heavy (non-hydrogen) atoms. The molecule has 1 aliphatic rings. The van der Waals surface area contributed by atoms with E-state index in [1.165, 1.54) is 0 Å². The minimum absolute atomic E-state index is 0.00468. The number of aromatic nitrogens is 1. The van der Waals surface area contributed by atoms with E-state index in [4.69, 9.17) is 0 Å². The number of hydrogen-bond donors (Lipinski definition) is 2. The number of H-pyrrole nitrogens is 1. The summed E-state index contributed by atoms with van der Waals surface area (Å²) in [6, 6.07) is 13.8. The normalized spacial score (nSPS) is 17.2. The Balaban J connectivity index is 1.93. The van der Waals surface area contributed by atoms with Gasteiger partial charge in [0.1, 0.15) is 0 Å². The largest absolute Gasteiger partial charge is 0.361 e. The Morgan fingerprint density at radius 3 is 2.80 bits per heavy atom. The molecule has 0 radical (unpaired) electrons. The van der Waals surface area contributed by atoms with E-state index in [1.54, 1.807) is 0 Å². The van der Waals surface area contributed by atoms with Gasteiger partial charge in [0.05, 0.1) is 6.04 Å². The lowest BCUT2D eigenvalue weighted by atomic mass is 9.98. The topological polar surface area (TPSA) is 44.9 Å². The van der Waals surface area contributed by atoms with Gasteiger partial charge in [0.2, 0.25) is 0 Å². The van der Waals surface area contributed by atoms with Gasteiger partial charge in [0, 0.05) is 32.7 Å². The van der Waals surface area contributed by atoms with E-state index in [1.807, 2.05) is 42.6 Å². The summed E-state index contributed by atoms with van der Waals surface area (Å²) in [5.41, 5.74) is 3.97. The Morgan fingerprint density at radius 2 is 1.90 bits per heavy atom. The maximum absolute atomic E-state index is 12.0. The van der Waals surface area contributed by atoms with Crippen molar-refractivity contribution in [3.8, 4) is 0 Å². The number of benzene rings is 2. The van der Waals surface area contributed by atoms with Crippen LogP contribution in [0.2, 0.25) is 0 Å². The average Bonchev–Trinajstić information content (AvgIpc) is 3.00. The Morgan fingerprint density at radius 1 is 1.05 bits per heavy atom. The smallest absolute Gasteiger partial charge is 0.252 e. The van der Waals surface area contributed by atoms with Crippen molar-refractivity contribution in [3.63, 3.8) is 0 Å². The van der Waals surface area contributed by atoms with Gasteiger partial charge in [-0.3, -0.25) is 4.79 Å². The van der Waals surface area contributed by atoms with Gasteiger partial charge in [0.15, 0.2) is 0 Å². The predicted molar refractivity (Wildman–Crippen MR) is 81.7 cm³/mol. The van der Waals surface area contributed by atoms with Crippen LogP contribution in [0.3, 0.4) is 0 Å². The van der Waals surface area contributed by atoms with Gasteiger partial charge in [-0.05, 0) is 29.8 Å². The fourth-order valence-corrected chi connectivity index (χ4v) is 3.20. The van der Waals surface area contributed by atoms with Crippen molar-refractivity contribution in [2.24, 2.45) is 0 Å². The van der Waals surface area contributed by atoms with Gasteiger partial charge in [0.25, 0.3) is 5.91 Å². The van der Waals surface area contributed by atoms with Crippen LogP contribution in [0.5, 0.6) is 0 Å². The molecule has 0 saturated carbocycles. The first-order valence-corrected chi connectivity index (χ1v) is 7.19. The highest BCUT2D eigenvalue weighted by Gasteiger charge is 2.30. The van der Waals surface area contributed by atoms with Crippen LogP contribution in [0, 0.1) is 0 Å². The Hall–Kier alpha value is -2.07. The third-order valence-corrected chi connectivity index (χ3v) is 4.27. The van der Waals surface area contributed by atoms with Gasteiger partial charge in [-0.2, -0.15) is 0 Å². The van der Waals surface area contributed by atoms with E-state index < -0.39 is 0 Å². The van der Waals surface area contributed by atoms with Gasteiger partial charge in [-0.1, -0.05) is 34.1 Å². The van der Waals surface area contributed by atoms with Crippen LogP contribution in [0.1, 0.15) is 27.5 Å². The Labute approximate surface area is 124 Å². The summed E-state index contributed by atoms with van der Waals surface area (Å²) in [5.74, 6) is -0.00468. The van der Waals surface area contributed by atoms with Crippen molar-refractivity contribution < 1.29 is 4.79 Å². The lowest BCUT2D eigenvalue weighted by molar-refractivity contribution is 0.0960. The van der Waals surface area contributed by atoms with Crippen molar-refractivity contribution in [2.75, 3.05) is 0 Å². The fourth-order valence-electron chi connectivity index (χ4n) is 2.84. The third-order valence-electron chi connectivity index (χ3n) is 3.78. The molecule has 0 spiro atoms. The standard InChI is InChI=1S/C16H11BrN2O/c17-9-5-6-14-12(7-9)13(8-18-14)15-10-3-1-2-4-11(10)16(20)19-15/h1-8,15,18H,(H,19,20)/t15-/m1/s1. The minimum atomic E-state index is -0.0817. The molecular formula is C16H11BrN2O. The number of amides is 1. The van der Waals surface area contributed by atoms with Crippen LogP contribution < -0.4 is 5.32 Å². The number of rotatable bonds is 1. The molecule has 98 valence electrons. The molecule has 1 amide bonds. The third kappa shape index (κ3) is 1.61. The summed E-state index contributed by atoms with van der Waals surface area (Å²) < 4.78 is 1.03. The molecule has 1 atom stereocenters. The van der Waals surface area contributed by atoms with Crippen molar-refractivity contribution in [2.45, 2.75) is 6.04 Å². The number of hydrogen-bond acceptors (Lipinski definition) is 1. The zero-order valence-electron chi connectivity index (χ0n) is 10.5. The minimum Gasteiger partial charge on any atom is -0.361 e. The molecule has 4 rings (SSSR count). The SMILES string of the molecule is O=C1N[C@@H](c2c[nH]c3ccc(Br)cc23)c2ccccc21. The Kier molecular flexibility index (Phi) is 2.47. The summed E-state index contributed by atoms with van der Waals surface area (Å²) in [6.07, 6.45) is 1.98. The second-order valence-corrected chi connectivity index (χ2v) is 5.84. The molecule has 2 aromatic carbocycles. The number of nitrogens with one attached hydrogen (secondary N) is 2. The first-order chi connectivity index (χ1) is 9.74. The molecule has 0 aliphatic carbocycles. The van der Waals surface area contributed by atoms with Crippen molar-refractivity contribution in [1.29, 1.82) is 0 Å². The highest BCUT2D eigenvalue weighted by atomic mass is 79.9. The molecule has 0 saturated heterocycles. The summed E-state index contributed by atoms with van der Waals surface area (Å²) in [4.78, 5) is 15.3. The van der Waals surface area contributed by atoms with Gasteiger partial charge in [-0.15, -0.1) is 0 Å². The summed E-state index contributed by atoms with van der Waals surface area (Å²) >= 11 is 3.50. The Bertz CT molecular complexity index is 837. The average molecular weight is 327 g/mol. The lowest BCUT2D eigenvalue weighted by Crippen LogP contribution is -2.19. The second kappa shape index (κ2) is 4.21. The van der Waals surface area contributed by atoms with E-state index in [0.29, 0.717) is 0 Å². The molecule has 2 heterocycles. The van der Waals surface area contributed by atoms with Crippen LogP contribution in [0.4, 0.5) is 0 Å². The molecule has 0 unspecified atom stereocenters. The van der Waals surface area contributed by atoms with Gasteiger partial charge >= 0.3 is 0 Å². The first kappa shape index (κ1) is 11.7. The van der Waals surface area contributed by atoms with Crippen LogP contribution >= 0.6 is 15.9 Å². The van der Waals surface area contributed by atoms with E-state index in [2.05, 4.69) is 32.3 Å². The van der Waals surface area contributed by atoms with Gasteiger partial charge < -0.3 is 10.3 Å². The molecule has 3 aromatic rings. The van der Waals surface area contributed by atoms with E-state index in [-0.39, 0.29) is 11.9 Å². The molecule has 0 bridgehead atoms. The molecule has 3 nitrogen and oxygen atoms in total. The maximum atomic E-state index is 12.0. The van der Waals surface area contributed by atoms with E-state index >= 15 is 0 Å². The molecule has 0 fully saturated rings. The highest BCUT2D eigenvalue weighted by Crippen LogP contribution is 2.35. The van der Waals surface area contributed by atoms with Gasteiger partial charge in [-0.25, -0.2) is 0 Å². The lowest BCUT2D eigenvalue weighted by Gasteiger charge is -2.11. The number of halogens is 1. The number of fused-ring (bicyclic) bond motifs is 2. The molecular weight excluding hydrogens is 316 g/mol. The zero-order valence-corrected chi connectivity index (χ0v) is 12.1. The molecule has 4 heteroatoms. The quantitative estimate of drug-likeness (QED) is 0.702. The first-order valence-electron chi connectivity index (χ1n) is 6.40. The van der Waals surface area contributed by atoms with E-state index in [0.717, 1.165) is 32.1 Å². The summed E-state index contributed by atoms with van der Waals surface area (Å²) in [7, 11) is 0. The predicted octanol–water partition coefficient (Wildman–Crippen LogP) is 3.76. The summed E-state index contributed by atoms with van der Waals surface area (Å²) in [6.45, 7) is 0. The van der Waals surface area contributed by atoms with Crippen LogP contribution in [0.15, 0.2) is 53.1 Å². The number of carbonyl (C=O) groups is 1. The van der Waals surface area contributed by atoms with Crippen molar-refractivity contribution in [1.82, 2.24) is 10.3 Å². The van der Waals surface area contributed by atoms with Crippen LogP contribution in [-0.4, -0.2) is 10.9 Å². The highest BCUT2D eigenvalue weighted by molar-refractivity contribution is 9.10. The summed E-state index contributed by atoms with van der Waals surface area (Å²) in [5, 5.41) is 4.19. The number of carbonyl (C=O) groups excluding carboxylic acids is 1. The fraction of sp³-hybridized carbons (Fsp3) is 0.0625. The zero-order chi connectivity index (χ0) is 13.7. The van der Waals surface area contributed by atoms with Crippen molar-refractivity contribution >= 4 is 32.7 Å². The van der Waals surface area contributed by atoms with Crippen molar-refractivity contribution in [3.05, 3.63) is 69.8 Å². The molecule has 1 aliphatic heterocycles. The monoisotopic (exact) mass is 326 g/mol. The van der Waals surface area contributed by atoms with Crippen LogP contribution in [-0.2, 0) is 0 Å².